The number of aryl methyl sites for hydroxylation is 1. The van der Waals surface area contributed by atoms with Crippen LogP contribution in [0.15, 0.2) is 83.4 Å². The Labute approximate surface area is 253 Å². The molecule has 9 nitrogen and oxygen atoms in total. The lowest BCUT2D eigenvalue weighted by Crippen LogP contribution is -2.47. The van der Waals surface area contributed by atoms with Gasteiger partial charge in [-0.25, -0.2) is 9.97 Å². The van der Waals surface area contributed by atoms with Gasteiger partial charge in [-0.1, -0.05) is 35.5 Å². The maximum atomic E-state index is 9.84. The molecule has 42 heavy (non-hydrogen) atoms. The standard InChI is InChI=1S/C31H29ClN8OS/c1-38-9-8-34-31(38)42-28-6-4-24(17-26(28)32)37-30-23(18-33)20-35-27-16-21(2-5-25(27)30)22-3-7-29(36-19-22)40-12-10-39(11-13-40)14-15-41/h2-9,16-17,19-20,41H,10-15H2,1H3,(H,35,37). The van der Waals surface area contributed by atoms with E-state index in [1.165, 1.54) is 11.8 Å². The number of imidazole rings is 1. The number of halogens is 1. The molecule has 0 saturated carbocycles. The molecule has 0 aliphatic carbocycles. The summed E-state index contributed by atoms with van der Waals surface area (Å²) < 4.78 is 1.94. The smallest absolute Gasteiger partial charge is 0.172 e. The van der Waals surface area contributed by atoms with Crippen LogP contribution in [0, 0.1) is 11.3 Å². The number of β-amino-alcohol motifs (C(OH)–C–C–N with tert-alkyl or cyclic N) is 1. The number of benzene rings is 2. The van der Waals surface area contributed by atoms with E-state index in [2.05, 4.69) is 43.3 Å². The molecule has 4 heterocycles. The van der Waals surface area contributed by atoms with E-state index in [-0.39, 0.29) is 6.61 Å². The Hall–Kier alpha value is -4.14. The van der Waals surface area contributed by atoms with Gasteiger partial charge in [0.2, 0.25) is 0 Å². The predicted octanol–water partition coefficient (Wildman–Crippen LogP) is 5.56. The van der Waals surface area contributed by atoms with Crippen molar-refractivity contribution in [3.63, 3.8) is 0 Å². The minimum atomic E-state index is 0.191. The van der Waals surface area contributed by atoms with Crippen LogP contribution in [0.2, 0.25) is 5.02 Å². The summed E-state index contributed by atoms with van der Waals surface area (Å²) in [5, 5.41) is 24.7. The van der Waals surface area contributed by atoms with Crippen molar-refractivity contribution in [1.82, 2.24) is 24.4 Å². The van der Waals surface area contributed by atoms with Gasteiger partial charge >= 0.3 is 0 Å². The third-order valence-electron chi connectivity index (χ3n) is 7.36. The molecule has 212 valence electrons. The Balaban J connectivity index is 1.22. The summed E-state index contributed by atoms with van der Waals surface area (Å²) in [6, 6.07) is 18.2. The van der Waals surface area contributed by atoms with Crippen molar-refractivity contribution < 1.29 is 5.11 Å². The molecule has 0 bridgehead atoms. The number of piperazine rings is 1. The number of aliphatic hydroxyl groups is 1. The van der Waals surface area contributed by atoms with Crippen LogP contribution in [0.5, 0.6) is 0 Å². The van der Waals surface area contributed by atoms with Gasteiger partial charge in [0.05, 0.1) is 28.4 Å². The van der Waals surface area contributed by atoms with Crippen molar-refractivity contribution in [1.29, 1.82) is 5.26 Å². The molecule has 1 fully saturated rings. The van der Waals surface area contributed by atoms with Gasteiger partial charge in [0, 0.05) is 86.1 Å². The van der Waals surface area contributed by atoms with E-state index in [0.717, 1.165) is 76.3 Å². The van der Waals surface area contributed by atoms with Gasteiger partial charge in [-0.3, -0.25) is 9.88 Å². The molecule has 1 aliphatic rings. The van der Waals surface area contributed by atoms with Crippen LogP contribution in [-0.2, 0) is 7.05 Å². The Morgan fingerprint density at radius 2 is 1.83 bits per heavy atom. The lowest BCUT2D eigenvalue weighted by atomic mass is 10.0. The van der Waals surface area contributed by atoms with Crippen molar-refractivity contribution in [2.24, 2.45) is 7.05 Å². The van der Waals surface area contributed by atoms with Crippen LogP contribution in [-0.4, -0.2) is 68.9 Å². The first kappa shape index (κ1) is 28.0. The molecule has 0 spiro atoms. The number of aliphatic hydroxyl groups excluding tert-OH is 1. The zero-order chi connectivity index (χ0) is 29.1. The maximum absolute atomic E-state index is 9.84. The highest BCUT2D eigenvalue weighted by Crippen LogP contribution is 2.36. The summed E-state index contributed by atoms with van der Waals surface area (Å²) in [7, 11) is 1.94. The van der Waals surface area contributed by atoms with Crippen LogP contribution in [0.4, 0.5) is 17.2 Å². The molecule has 6 rings (SSSR count). The highest BCUT2D eigenvalue weighted by molar-refractivity contribution is 7.99. The van der Waals surface area contributed by atoms with E-state index in [1.54, 1.807) is 12.4 Å². The van der Waals surface area contributed by atoms with Gasteiger partial charge in [-0.2, -0.15) is 5.26 Å². The second-order valence-electron chi connectivity index (χ2n) is 10.0. The summed E-state index contributed by atoms with van der Waals surface area (Å²) in [6.45, 7) is 4.52. The van der Waals surface area contributed by atoms with E-state index < -0.39 is 0 Å². The third kappa shape index (κ3) is 5.91. The van der Waals surface area contributed by atoms with Crippen molar-refractivity contribution in [3.8, 4) is 17.2 Å². The number of rotatable bonds is 8. The van der Waals surface area contributed by atoms with Crippen molar-refractivity contribution in [2.75, 3.05) is 49.5 Å². The van der Waals surface area contributed by atoms with E-state index in [9.17, 15) is 10.4 Å². The van der Waals surface area contributed by atoms with Gasteiger partial charge in [-0.15, -0.1) is 0 Å². The molecule has 1 saturated heterocycles. The lowest BCUT2D eigenvalue weighted by Gasteiger charge is -2.35. The maximum Gasteiger partial charge on any atom is 0.172 e. The van der Waals surface area contributed by atoms with Crippen LogP contribution < -0.4 is 10.2 Å². The average molecular weight is 597 g/mol. The second kappa shape index (κ2) is 12.4. The number of aromatic nitrogens is 4. The molecule has 2 aromatic carbocycles. The molecule has 2 N–H and O–H groups in total. The average Bonchev–Trinajstić information content (AvgIpc) is 3.43. The predicted molar refractivity (Wildman–Crippen MR) is 167 cm³/mol. The summed E-state index contributed by atoms with van der Waals surface area (Å²) in [5.41, 5.74) is 4.66. The summed E-state index contributed by atoms with van der Waals surface area (Å²) in [6.07, 6.45) is 7.14. The molecular weight excluding hydrogens is 568 g/mol. The van der Waals surface area contributed by atoms with Gasteiger partial charge in [0.15, 0.2) is 5.16 Å². The van der Waals surface area contributed by atoms with Gasteiger partial charge < -0.3 is 19.9 Å². The van der Waals surface area contributed by atoms with Crippen LogP contribution >= 0.6 is 23.4 Å². The quantitative estimate of drug-likeness (QED) is 0.238. The SMILES string of the molecule is Cn1ccnc1Sc1ccc(Nc2c(C#N)cnc3cc(-c4ccc(N5CCN(CCO)CC5)nc4)ccc23)cc1Cl. The molecule has 0 radical (unpaired) electrons. The monoisotopic (exact) mass is 596 g/mol. The minimum absolute atomic E-state index is 0.191. The van der Waals surface area contributed by atoms with Crippen LogP contribution in [0.3, 0.4) is 0 Å². The number of nitriles is 1. The molecule has 0 amide bonds. The Bertz CT molecular complexity index is 1760. The first-order valence-electron chi connectivity index (χ1n) is 13.6. The largest absolute Gasteiger partial charge is 0.395 e. The minimum Gasteiger partial charge on any atom is -0.395 e. The highest BCUT2D eigenvalue weighted by atomic mass is 35.5. The first-order valence-corrected chi connectivity index (χ1v) is 14.8. The lowest BCUT2D eigenvalue weighted by molar-refractivity contribution is 0.188. The number of anilines is 3. The summed E-state index contributed by atoms with van der Waals surface area (Å²) >= 11 is 8.12. The summed E-state index contributed by atoms with van der Waals surface area (Å²) in [5.74, 6) is 0.953. The van der Waals surface area contributed by atoms with Gasteiger partial charge in [0.25, 0.3) is 0 Å². The van der Waals surface area contributed by atoms with E-state index in [0.29, 0.717) is 16.3 Å². The fourth-order valence-electron chi connectivity index (χ4n) is 5.03. The number of pyridine rings is 2. The van der Waals surface area contributed by atoms with Crippen LogP contribution in [0.25, 0.3) is 22.0 Å². The molecular formula is C31H29ClN8OS. The van der Waals surface area contributed by atoms with E-state index >= 15 is 0 Å². The Morgan fingerprint density at radius 3 is 2.52 bits per heavy atom. The number of nitrogens with zero attached hydrogens (tertiary/aromatic N) is 7. The third-order valence-corrected chi connectivity index (χ3v) is 8.94. The fourth-order valence-corrected chi connectivity index (χ4v) is 6.14. The Kier molecular flexibility index (Phi) is 8.26. The Morgan fingerprint density at radius 1 is 1.00 bits per heavy atom. The highest BCUT2D eigenvalue weighted by Gasteiger charge is 2.18. The molecule has 11 heteroatoms. The molecule has 1 aliphatic heterocycles. The summed E-state index contributed by atoms with van der Waals surface area (Å²) in [4.78, 5) is 19.1. The number of fused-ring (bicyclic) bond motifs is 1. The molecule has 3 aromatic heterocycles. The van der Waals surface area contributed by atoms with Crippen LogP contribution in [0.1, 0.15) is 5.56 Å². The van der Waals surface area contributed by atoms with Crippen molar-refractivity contribution >= 4 is 51.5 Å². The zero-order valence-corrected chi connectivity index (χ0v) is 24.6. The van der Waals surface area contributed by atoms with E-state index in [4.69, 9.17) is 16.6 Å². The van der Waals surface area contributed by atoms with Gasteiger partial charge in [0.1, 0.15) is 11.9 Å². The van der Waals surface area contributed by atoms with Crippen molar-refractivity contribution in [2.45, 2.75) is 10.1 Å². The van der Waals surface area contributed by atoms with E-state index in [1.807, 2.05) is 60.4 Å². The fraction of sp³-hybridized carbons (Fsp3) is 0.226. The second-order valence-corrected chi connectivity index (χ2v) is 11.5. The molecule has 0 unspecified atom stereocenters. The number of hydrogen-bond donors (Lipinski definition) is 2. The van der Waals surface area contributed by atoms with Gasteiger partial charge in [-0.05, 0) is 42.0 Å². The molecule has 5 aromatic rings. The van der Waals surface area contributed by atoms with Crippen molar-refractivity contribution in [3.05, 3.63) is 83.9 Å². The molecule has 0 atom stereocenters. The normalized spacial score (nSPS) is 13.8. The topological polar surface area (TPSA) is 106 Å². The number of hydrogen-bond acceptors (Lipinski definition) is 9. The first-order chi connectivity index (χ1) is 20.5. The zero-order valence-electron chi connectivity index (χ0n) is 23.0. The number of nitrogens with one attached hydrogen (secondary N) is 1.